The highest BCUT2D eigenvalue weighted by Crippen LogP contribution is 2.13. The van der Waals surface area contributed by atoms with E-state index >= 15 is 0 Å². The number of hydrogen-bond donors (Lipinski definition) is 0. The Labute approximate surface area is 96.8 Å². The quantitative estimate of drug-likeness (QED) is 0.352. The predicted molar refractivity (Wildman–Crippen MR) is 67.7 cm³/mol. The molecule has 0 aliphatic carbocycles. The molecule has 0 fully saturated rings. The number of unbranched alkanes of at least 4 members (excludes halogenated alkanes) is 5. The number of ether oxygens (including phenoxy) is 1. The molecule has 0 amide bonds. The molecule has 0 aliphatic heterocycles. The molecule has 0 rings (SSSR count). The van der Waals surface area contributed by atoms with Crippen LogP contribution in [0.2, 0.25) is 0 Å². The highest BCUT2D eigenvalue weighted by atomic mass is 127. The van der Waals surface area contributed by atoms with Crippen molar-refractivity contribution in [2.24, 2.45) is 0 Å². The Morgan fingerprint density at radius 3 is 2.31 bits per heavy atom. The maximum atomic E-state index is 5.09. The van der Waals surface area contributed by atoms with Crippen molar-refractivity contribution in [3.8, 4) is 0 Å². The molecule has 0 saturated heterocycles. The van der Waals surface area contributed by atoms with Gasteiger partial charge in [0.05, 0.1) is 6.61 Å². The lowest BCUT2D eigenvalue weighted by molar-refractivity contribution is 0.199. The summed E-state index contributed by atoms with van der Waals surface area (Å²) in [6.07, 6.45) is 9.70. The third-order valence-corrected chi connectivity index (χ3v) is 3.20. The Hall–Kier alpha value is 0.690. The van der Waals surface area contributed by atoms with Crippen LogP contribution in [-0.4, -0.2) is 17.6 Å². The van der Waals surface area contributed by atoms with Crippen LogP contribution in [0.15, 0.2) is 0 Å². The lowest BCUT2D eigenvalue weighted by Crippen LogP contribution is -2.05. The fraction of sp³-hybridized carbons (Fsp3) is 1.00. The van der Waals surface area contributed by atoms with Gasteiger partial charge in [0.25, 0.3) is 0 Å². The molecule has 1 unspecified atom stereocenters. The van der Waals surface area contributed by atoms with Crippen LogP contribution < -0.4 is 0 Å². The monoisotopic (exact) mass is 298 g/mol. The maximum absolute atomic E-state index is 5.09. The minimum absolute atomic E-state index is 0.716. The van der Waals surface area contributed by atoms with Gasteiger partial charge in [0.1, 0.15) is 0 Å². The van der Waals surface area contributed by atoms with E-state index in [1.165, 1.54) is 44.9 Å². The fourth-order valence-corrected chi connectivity index (χ4v) is 2.21. The van der Waals surface area contributed by atoms with Crippen LogP contribution in [0.5, 0.6) is 0 Å². The minimum atomic E-state index is 0.716. The number of methoxy groups -OCH3 is 1. The summed E-state index contributed by atoms with van der Waals surface area (Å²) in [6, 6.07) is 0. The molecule has 80 valence electrons. The van der Waals surface area contributed by atoms with Gasteiger partial charge in [-0.15, -0.1) is 0 Å². The van der Waals surface area contributed by atoms with E-state index in [1.54, 1.807) is 7.11 Å². The van der Waals surface area contributed by atoms with E-state index in [1.807, 2.05) is 0 Å². The number of hydrogen-bond acceptors (Lipinski definition) is 1. The summed E-state index contributed by atoms with van der Waals surface area (Å²) < 4.78 is 5.81. The topological polar surface area (TPSA) is 9.23 Å². The maximum Gasteiger partial charge on any atom is 0.0580 e. The van der Waals surface area contributed by atoms with E-state index in [-0.39, 0.29) is 0 Å². The molecule has 0 aliphatic rings. The second-order valence-corrected chi connectivity index (χ2v) is 5.37. The molecule has 2 heteroatoms. The fourth-order valence-electron chi connectivity index (χ4n) is 1.41. The third kappa shape index (κ3) is 10.6. The van der Waals surface area contributed by atoms with Crippen LogP contribution in [0.3, 0.4) is 0 Å². The Balaban J connectivity index is 2.97. The van der Waals surface area contributed by atoms with Crippen LogP contribution in [0, 0.1) is 0 Å². The van der Waals surface area contributed by atoms with Crippen molar-refractivity contribution < 1.29 is 4.74 Å². The van der Waals surface area contributed by atoms with Crippen molar-refractivity contribution in [2.45, 2.75) is 55.8 Å². The first-order chi connectivity index (χ1) is 6.31. The number of rotatable bonds is 9. The molecule has 0 radical (unpaired) electrons. The SMILES string of the molecule is CCCCCCCCC(I)COC. The van der Waals surface area contributed by atoms with E-state index in [0.29, 0.717) is 3.92 Å². The average Bonchev–Trinajstić information content (AvgIpc) is 2.11. The van der Waals surface area contributed by atoms with Gasteiger partial charge in [-0.1, -0.05) is 68.0 Å². The Morgan fingerprint density at radius 1 is 1.08 bits per heavy atom. The molecule has 1 atom stereocenters. The van der Waals surface area contributed by atoms with Crippen molar-refractivity contribution in [1.29, 1.82) is 0 Å². The zero-order valence-electron chi connectivity index (χ0n) is 9.02. The van der Waals surface area contributed by atoms with Crippen LogP contribution >= 0.6 is 22.6 Å². The van der Waals surface area contributed by atoms with Gasteiger partial charge in [0.2, 0.25) is 0 Å². The zero-order chi connectivity index (χ0) is 9.94. The van der Waals surface area contributed by atoms with E-state index in [0.717, 1.165) is 6.61 Å². The van der Waals surface area contributed by atoms with Crippen molar-refractivity contribution >= 4 is 22.6 Å². The van der Waals surface area contributed by atoms with Gasteiger partial charge in [-0.05, 0) is 6.42 Å². The van der Waals surface area contributed by atoms with Gasteiger partial charge >= 0.3 is 0 Å². The van der Waals surface area contributed by atoms with E-state index < -0.39 is 0 Å². The molecule has 13 heavy (non-hydrogen) atoms. The summed E-state index contributed by atoms with van der Waals surface area (Å²) in [4.78, 5) is 0. The summed E-state index contributed by atoms with van der Waals surface area (Å²) >= 11 is 2.48. The first kappa shape index (κ1) is 13.7. The summed E-state index contributed by atoms with van der Waals surface area (Å²) in [5.41, 5.74) is 0. The van der Waals surface area contributed by atoms with E-state index in [4.69, 9.17) is 4.74 Å². The second kappa shape index (κ2) is 10.8. The van der Waals surface area contributed by atoms with Gasteiger partial charge in [-0.3, -0.25) is 0 Å². The lowest BCUT2D eigenvalue weighted by atomic mass is 10.1. The molecule has 0 saturated carbocycles. The molecule has 1 nitrogen and oxygen atoms in total. The first-order valence-corrected chi connectivity index (χ1v) is 6.68. The Morgan fingerprint density at radius 2 is 1.69 bits per heavy atom. The highest BCUT2D eigenvalue weighted by molar-refractivity contribution is 14.1. The van der Waals surface area contributed by atoms with Crippen molar-refractivity contribution in [3.05, 3.63) is 0 Å². The van der Waals surface area contributed by atoms with Gasteiger partial charge in [0.15, 0.2) is 0 Å². The number of halogens is 1. The van der Waals surface area contributed by atoms with E-state index in [2.05, 4.69) is 29.5 Å². The summed E-state index contributed by atoms with van der Waals surface area (Å²) in [6.45, 7) is 3.18. The molecular weight excluding hydrogens is 275 g/mol. The molecule has 0 aromatic heterocycles. The third-order valence-electron chi connectivity index (χ3n) is 2.22. The summed E-state index contributed by atoms with van der Waals surface area (Å²) in [5, 5.41) is 0. The second-order valence-electron chi connectivity index (χ2n) is 3.61. The molecular formula is C11H23IO. The molecule has 0 heterocycles. The Bertz CT molecular complexity index is 96.1. The van der Waals surface area contributed by atoms with Crippen molar-refractivity contribution in [1.82, 2.24) is 0 Å². The van der Waals surface area contributed by atoms with Crippen LogP contribution in [0.1, 0.15) is 51.9 Å². The van der Waals surface area contributed by atoms with Crippen LogP contribution in [-0.2, 0) is 4.74 Å². The normalized spacial score (nSPS) is 13.2. The van der Waals surface area contributed by atoms with Gasteiger partial charge < -0.3 is 4.74 Å². The lowest BCUT2D eigenvalue weighted by Gasteiger charge is -2.07. The van der Waals surface area contributed by atoms with Crippen molar-refractivity contribution in [2.75, 3.05) is 13.7 Å². The smallest absolute Gasteiger partial charge is 0.0580 e. The largest absolute Gasteiger partial charge is 0.384 e. The van der Waals surface area contributed by atoms with Gasteiger partial charge in [0, 0.05) is 11.0 Å². The van der Waals surface area contributed by atoms with Gasteiger partial charge in [-0.2, -0.15) is 0 Å². The summed E-state index contributed by atoms with van der Waals surface area (Å²) in [7, 11) is 1.78. The molecule has 0 spiro atoms. The molecule has 0 aromatic rings. The predicted octanol–water partition coefficient (Wildman–Crippen LogP) is 4.19. The molecule has 0 N–H and O–H groups in total. The average molecular weight is 298 g/mol. The van der Waals surface area contributed by atoms with Crippen LogP contribution in [0.25, 0.3) is 0 Å². The first-order valence-electron chi connectivity index (χ1n) is 5.44. The Kier molecular flexibility index (Phi) is 11.3. The zero-order valence-corrected chi connectivity index (χ0v) is 11.2. The summed E-state index contributed by atoms with van der Waals surface area (Å²) in [5.74, 6) is 0. The molecule has 0 bridgehead atoms. The van der Waals surface area contributed by atoms with E-state index in [9.17, 15) is 0 Å². The van der Waals surface area contributed by atoms with Crippen LogP contribution in [0.4, 0.5) is 0 Å². The molecule has 0 aromatic carbocycles. The minimum Gasteiger partial charge on any atom is -0.384 e. The highest BCUT2D eigenvalue weighted by Gasteiger charge is 2.01. The standard InChI is InChI=1S/C11H23IO/c1-3-4-5-6-7-8-9-11(12)10-13-2/h11H,3-10H2,1-2H3. The van der Waals surface area contributed by atoms with Gasteiger partial charge in [-0.25, -0.2) is 0 Å². The van der Waals surface area contributed by atoms with Crippen molar-refractivity contribution in [3.63, 3.8) is 0 Å². The number of alkyl halides is 1.